The van der Waals surface area contributed by atoms with Crippen molar-refractivity contribution < 1.29 is 9.53 Å². The van der Waals surface area contributed by atoms with Crippen LogP contribution < -0.4 is 11.1 Å². The van der Waals surface area contributed by atoms with Crippen molar-refractivity contribution >= 4 is 34.9 Å². The number of nitrogens with zero attached hydrogens (tertiary/aromatic N) is 2. The molecule has 0 radical (unpaired) electrons. The molecule has 2 aromatic carbocycles. The number of benzene rings is 2. The van der Waals surface area contributed by atoms with E-state index in [1.54, 1.807) is 18.2 Å². The van der Waals surface area contributed by atoms with E-state index in [0.29, 0.717) is 45.8 Å². The maximum atomic E-state index is 12.3. The summed E-state index contributed by atoms with van der Waals surface area (Å²) in [5.74, 6) is -0.168. The van der Waals surface area contributed by atoms with Gasteiger partial charge in [-0.05, 0) is 42.7 Å². The second-order valence-corrected chi connectivity index (χ2v) is 8.42. The van der Waals surface area contributed by atoms with E-state index < -0.39 is 5.91 Å². The van der Waals surface area contributed by atoms with Crippen LogP contribution in [0.1, 0.15) is 47.2 Å². The van der Waals surface area contributed by atoms with E-state index in [0.717, 1.165) is 12.0 Å². The van der Waals surface area contributed by atoms with Gasteiger partial charge in [-0.1, -0.05) is 54.4 Å². The fraction of sp³-hybridized carbons (Fsp3) is 0.292. The van der Waals surface area contributed by atoms with Gasteiger partial charge in [0.05, 0.1) is 22.9 Å². The molecule has 3 N–H and O–H groups in total. The number of nitrogens with two attached hydrogens (primary N) is 1. The third-order valence-electron chi connectivity index (χ3n) is 5.58. The number of ether oxygens (including phenoxy) is 1. The lowest BCUT2D eigenvalue weighted by Crippen LogP contribution is -2.27. The zero-order valence-corrected chi connectivity index (χ0v) is 19.4. The van der Waals surface area contributed by atoms with Gasteiger partial charge in [0.1, 0.15) is 11.5 Å². The van der Waals surface area contributed by atoms with Crippen LogP contribution in [0.5, 0.6) is 0 Å². The van der Waals surface area contributed by atoms with Crippen molar-refractivity contribution in [3.8, 4) is 11.3 Å². The maximum Gasteiger partial charge on any atom is 0.269 e. The van der Waals surface area contributed by atoms with E-state index in [9.17, 15) is 4.79 Å². The number of nitrogens with one attached hydrogen (secondary N) is 1. The number of amides is 1. The van der Waals surface area contributed by atoms with Crippen LogP contribution in [0.3, 0.4) is 0 Å². The molecule has 8 heteroatoms. The van der Waals surface area contributed by atoms with Gasteiger partial charge in [0.15, 0.2) is 5.69 Å². The van der Waals surface area contributed by atoms with E-state index in [1.807, 2.05) is 26.0 Å². The van der Waals surface area contributed by atoms with Crippen molar-refractivity contribution in [1.29, 1.82) is 0 Å². The fourth-order valence-corrected chi connectivity index (χ4v) is 4.62. The highest BCUT2D eigenvalue weighted by atomic mass is 35.5. The number of anilines is 1. The van der Waals surface area contributed by atoms with Crippen molar-refractivity contribution in [3.63, 3.8) is 0 Å². The molecule has 1 aliphatic rings. The molecule has 1 amide bonds. The minimum Gasteiger partial charge on any atom is -0.376 e. The van der Waals surface area contributed by atoms with E-state index in [2.05, 4.69) is 22.4 Å². The largest absolute Gasteiger partial charge is 0.376 e. The number of primary amides is 1. The van der Waals surface area contributed by atoms with Gasteiger partial charge < -0.3 is 15.8 Å². The Labute approximate surface area is 197 Å². The Hall–Kier alpha value is -2.67. The lowest BCUT2D eigenvalue weighted by molar-refractivity contribution is 0.0573. The predicted molar refractivity (Wildman–Crippen MR) is 127 cm³/mol. The molecular weight excluding hydrogens is 447 g/mol. The molecule has 1 heterocycles. The summed E-state index contributed by atoms with van der Waals surface area (Å²) in [6.07, 6.45) is 1.35. The Kier molecular flexibility index (Phi) is 6.65. The van der Waals surface area contributed by atoms with Crippen LogP contribution in [-0.4, -0.2) is 28.6 Å². The van der Waals surface area contributed by atoms with Crippen LogP contribution in [0.15, 0.2) is 42.5 Å². The molecule has 0 saturated heterocycles. The van der Waals surface area contributed by atoms with Gasteiger partial charge >= 0.3 is 0 Å². The first kappa shape index (κ1) is 22.5. The van der Waals surface area contributed by atoms with Crippen LogP contribution in [0, 0.1) is 0 Å². The summed E-state index contributed by atoms with van der Waals surface area (Å²) in [6.45, 7) is 4.56. The molecule has 0 fully saturated rings. The first-order valence-corrected chi connectivity index (χ1v) is 11.3. The monoisotopic (exact) mass is 470 g/mol. The molecule has 32 heavy (non-hydrogen) atoms. The fourth-order valence-electron chi connectivity index (χ4n) is 4.12. The van der Waals surface area contributed by atoms with Crippen molar-refractivity contribution in [2.45, 2.75) is 38.8 Å². The Balaban J connectivity index is 1.79. The van der Waals surface area contributed by atoms with Crippen LogP contribution in [-0.2, 0) is 17.6 Å². The van der Waals surface area contributed by atoms with Crippen LogP contribution in [0.25, 0.3) is 11.3 Å². The highest BCUT2D eigenvalue weighted by molar-refractivity contribution is 6.36. The van der Waals surface area contributed by atoms with Crippen LogP contribution >= 0.6 is 23.2 Å². The average molecular weight is 471 g/mol. The van der Waals surface area contributed by atoms with Crippen molar-refractivity contribution in [1.82, 2.24) is 9.97 Å². The Morgan fingerprint density at radius 3 is 2.66 bits per heavy atom. The van der Waals surface area contributed by atoms with Crippen molar-refractivity contribution in [3.05, 3.63) is 75.0 Å². The molecule has 2 atom stereocenters. The molecular formula is C24H24Cl2N4O2. The zero-order valence-electron chi connectivity index (χ0n) is 17.9. The third kappa shape index (κ3) is 4.31. The SMILES string of the molecule is CCO[C@H]1Cc2ccccc2[C@H]1Nc1nc(C(N)=O)c(-c2ccc(Cl)cc2Cl)nc1CC. The topological polar surface area (TPSA) is 90.1 Å². The van der Waals surface area contributed by atoms with Gasteiger partial charge in [-0.25, -0.2) is 9.97 Å². The summed E-state index contributed by atoms with van der Waals surface area (Å²) in [5, 5.41) is 4.35. The zero-order chi connectivity index (χ0) is 22.8. The molecule has 1 aliphatic carbocycles. The lowest BCUT2D eigenvalue weighted by atomic mass is 10.1. The summed E-state index contributed by atoms with van der Waals surface area (Å²) in [7, 11) is 0. The Morgan fingerprint density at radius 2 is 1.97 bits per heavy atom. The maximum absolute atomic E-state index is 12.3. The number of aryl methyl sites for hydroxylation is 1. The van der Waals surface area contributed by atoms with Gasteiger partial charge in [-0.15, -0.1) is 0 Å². The highest BCUT2D eigenvalue weighted by Crippen LogP contribution is 2.37. The number of rotatable bonds is 7. The molecule has 0 spiro atoms. The normalized spacial score (nSPS) is 17.2. The molecule has 3 aromatic rings. The molecule has 0 unspecified atom stereocenters. The summed E-state index contributed by atoms with van der Waals surface area (Å²) in [5.41, 5.74) is 9.72. The minimum absolute atomic E-state index is 0.0492. The van der Waals surface area contributed by atoms with E-state index >= 15 is 0 Å². The van der Waals surface area contributed by atoms with Gasteiger partial charge in [-0.2, -0.15) is 0 Å². The molecule has 4 rings (SSSR count). The summed E-state index contributed by atoms with van der Waals surface area (Å²) < 4.78 is 6.01. The second-order valence-electron chi connectivity index (χ2n) is 7.58. The number of fused-ring (bicyclic) bond motifs is 1. The third-order valence-corrected chi connectivity index (χ3v) is 6.13. The number of halogens is 2. The van der Waals surface area contributed by atoms with E-state index in [1.165, 1.54) is 5.56 Å². The first-order valence-electron chi connectivity index (χ1n) is 10.5. The Bertz CT molecular complexity index is 1170. The molecule has 6 nitrogen and oxygen atoms in total. The number of carbonyl (C=O) groups excluding carboxylic acids is 1. The molecule has 0 aliphatic heterocycles. The van der Waals surface area contributed by atoms with Crippen molar-refractivity contribution in [2.24, 2.45) is 5.73 Å². The van der Waals surface area contributed by atoms with E-state index in [-0.39, 0.29) is 17.8 Å². The first-order chi connectivity index (χ1) is 15.4. The Morgan fingerprint density at radius 1 is 1.19 bits per heavy atom. The summed E-state index contributed by atoms with van der Waals surface area (Å²) in [6, 6.07) is 13.1. The number of aromatic nitrogens is 2. The molecule has 0 saturated carbocycles. The average Bonchev–Trinajstić information content (AvgIpc) is 3.11. The number of hydrogen-bond acceptors (Lipinski definition) is 5. The second kappa shape index (κ2) is 9.45. The summed E-state index contributed by atoms with van der Waals surface area (Å²) >= 11 is 12.4. The predicted octanol–water partition coefficient (Wildman–Crippen LogP) is 5.23. The van der Waals surface area contributed by atoms with Gasteiger partial charge in [0.25, 0.3) is 5.91 Å². The molecule has 0 bridgehead atoms. The molecule has 166 valence electrons. The quantitative estimate of drug-likeness (QED) is 0.493. The summed E-state index contributed by atoms with van der Waals surface area (Å²) in [4.78, 5) is 21.7. The van der Waals surface area contributed by atoms with Crippen LogP contribution in [0.2, 0.25) is 10.0 Å². The molecule has 1 aromatic heterocycles. The van der Waals surface area contributed by atoms with Gasteiger partial charge in [0.2, 0.25) is 0 Å². The number of hydrogen-bond donors (Lipinski definition) is 2. The number of carbonyl (C=O) groups is 1. The van der Waals surface area contributed by atoms with Gasteiger partial charge in [-0.3, -0.25) is 4.79 Å². The minimum atomic E-state index is -0.683. The highest BCUT2D eigenvalue weighted by Gasteiger charge is 2.34. The van der Waals surface area contributed by atoms with Gasteiger partial charge in [0, 0.05) is 23.6 Å². The lowest BCUT2D eigenvalue weighted by Gasteiger charge is -2.24. The van der Waals surface area contributed by atoms with Crippen LogP contribution in [0.4, 0.5) is 5.82 Å². The van der Waals surface area contributed by atoms with E-state index in [4.69, 9.17) is 38.7 Å². The smallest absolute Gasteiger partial charge is 0.269 e. The standard InChI is InChI=1S/C24H24Cl2N4O2/c1-3-18-24(29-20-15-8-6-5-7-13(15)11-19(20)32-4-2)30-22(23(27)31)21(28-18)16-10-9-14(25)12-17(16)26/h5-10,12,19-20H,3-4,11H2,1-2H3,(H2,27,31)(H,29,30)/t19-,20+/m0/s1. The van der Waals surface area contributed by atoms with Crippen molar-refractivity contribution in [2.75, 3.05) is 11.9 Å².